The predicted molar refractivity (Wildman–Crippen MR) is 47.6 cm³/mol. The molecule has 0 spiro atoms. The highest BCUT2D eigenvalue weighted by Gasteiger charge is 2.39. The Morgan fingerprint density at radius 3 is 2.64 bits per heavy atom. The predicted octanol–water partition coefficient (Wildman–Crippen LogP) is 2.41. The summed E-state index contributed by atoms with van der Waals surface area (Å²) in [7, 11) is 0. The summed E-state index contributed by atoms with van der Waals surface area (Å²) in [6, 6.07) is 2.78. The first-order valence-corrected chi connectivity index (χ1v) is 5.10. The summed E-state index contributed by atoms with van der Waals surface area (Å²) in [5.41, 5.74) is 0. The summed E-state index contributed by atoms with van der Waals surface area (Å²) in [6.07, 6.45) is 7.22. The van der Waals surface area contributed by atoms with E-state index in [9.17, 15) is 0 Å². The minimum Gasteiger partial charge on any atom is -0.295 e. The van der Waals surface area contributed by atoms with Gasteiger partial charge in [-0.3, -0.25) is 4.90 Å². The van der Waals surface area contributed by atoms with Gasteiger partial charge >= 0.3 is 0 Å². The maximum atomic E-state index is 2.78. The zero-order valence-corrected chi connectivity index (χ0v) is 7.71. The summed E-state index contributed by atoms with van der Waals surface area (Å²) >= 11 is 0. The average Bonchev–Trinajstić information content (AvgIpc) is 2.54. The van der Waals surface area contributed by atoms with Crippen LogP contribution in [0.4, 0.5) is 0 Å². The fourth-order valence-electron chi connectivity index (χ4n) is 2.99. The van der Waals surface area contributed by atoms with Crippen molar-refractivity contribution in [3.8, 4) is 0 Å². The van der Waals surface area contributed by atoms with Crippen LogP contribution in [-0.4, -0.2) is 23.0 Å². The van der Waals surface area contributed by atoms with Crippen LogP contribution < -0.4 is 0 Å². The SMILES string of the molecule is CC[C@H]1CCC2CC[C@@H](C)N21. The summed E-state index contributed by atoms with van der Waals surface area (Å²) in [6.45, 7) is 4.73. The molecule has 11 heavy (non-hydrogen) atoms. The second-order valence-electron chi connectivity index (χ2n) is 4.17. The largest absolute Gasteiger partial charge is 0.295 e. The Hall–Kier alpha value is -0.0400. The molecule has 2 heterocycles. The minimum absolute atomic E-state index is 0.882. The molecule has 0 aliphatic carbocycles. The fraction of sp³-hybridized carbons (Fsp3) is 1.00. The Labute approximate surface area is 69.8 Å². The first-order valence-electron chi connectivity index (χ1n) is 5.10. The van der Waals surface area contributed by atoms with Gasteiger partial charge in [0, 0.05) is 18.1 Å². The van der Waals surface area contributed by atoms with Crippen LogP contribution in [0.15, 0.2) is 0 Å². The van der Waals surface area contributed by atoms with Crippen molar-refractivity contribution in [2.75, 3.05) is 0 Å². The molecule has 2 aliphatic rings. The van der Waals surface area contributed by atoms with Crippen LogP contribution in [-0.2, 0) is 0 Å². The van der Waals surface area contributed by atoms with Crippen LogP contribution in [0.5, 0.6) is 0 Å². The Kier molecular flexibility index (Phi) is 1.92. The number of rotatable bonds is 1. The lowest BCUT2D eigenvalue weighted by Gasteiger charge is -2.27. The maximum Gasteiger partial charge on any atom is 0.0102 e. The van der Waals surface area contributed by atoms with E-state index in [0.29, 0.717) is 0 Å². The Morgan fingerprint density at radius 2 is 1.91 bits per heavy atom. The molecule has 2 fully saturated rings. The Bertz CT molecular complexity index is 144. The van der Waals surface area contributed by atoms with Crippen molar-refractivity contribution in [2.45, 2.75) is 64.1 Å². The third-order valence-corrected chi connectivity index (χ3v) is 3.57. The molecule has 2 saturated heterocycles. The van der Waals surface area contributed by atoms with Gasteiger partial charge in [-0.2, -0.15) is 0 Å². The molecule has 3 atom stereocenters. The zero-order chi connectivity index (χ0) is 7.84. The van der Waals surface area contributed by atoms with E-state index in [1.165, 1.54) is 32.1 Å². The number of fused-ring (bicyclic) bond motifs is 1. The van der Waals surface area contributed by atoms with Gasteiger partial charge in [0.2, 0.25) is 0 Å². The molecule has 1 heteroatoms. The quantitative estimate of drug-likeness (QED) is 0.559. The summed E-state index contributed by atoms with van der Waals surface area (Å²) in [4.78, 5) is 2.78. The Morgan fingerprint density at radius 1 is 1.18 bits per heavy atom. The highest BCUT2D eigenvalue weighted by Crippen LogP contribution is 2.37. The molecule has 0 aromatic rings. The highest BCUT2D eigenvalue weighted by atomic mass is 15.2. The molecule has 2 aliphatic heterocycles. The van der Waals surface area contributed by atoms with Crippen LogP contribution in [0, 0.1) is 0 Å². The van der Waals surface area contributed by atoms with Crippen molar-refractivity contribution in [1.82, 2.24) is 4.90 Å². The molecular formula is C10H19N. The van der Waals surface area contributed by atoms with Crippen molar-refractivity contribution in [3.63, 3.8) is 0 Å². The van der Waals surface area contributed by atoms with E-state index in [1.807, 2.05) is 0 Å². The van der Waals surface area contributed by atoms with E-state index in [2.05, 4.69) is 18.7 Å². The third-order valence-electron chi connectivity index (χ3n) is 3.57. The van der Waals surface area contributed by atoms with Crippen LogP contribution in [0.3, 0.4) is 0 Å². The van der Waals surface area contributed by atoms with Gasteiger partial charge in [0.05, 0.1) is 0 Å². The van der Waals surface area contributed by atoms with Crippen molar-refractivity contribution in [1.29, 1.82) is 0 Å². The molecule has 0 aromatic carbocycles. The molecule has 2 rings (SSSR count). The van der Waals surface area contributed by atoms with Crippen LogP contribution in [0.2, 0.25) is 0 Å². The zero-order valence-electron chi connectivity index (χ0n) is 7.71. The van der Waals surface area contributed by atoms with Gasteiger partial charge in [-0.05, 0) is 39.0 Å². The molecule has 0 amide bonds. The van der Waals surface area contributed by atoms with E-state index in [1.54, 1.807) is 0 Å². The lowest BCUT2D eigenvalue weighted by atomic mass is 10.1. The first kappa shape index (κ1) is 7.60. The van der Waals surface area contributed by atoms with Crippen molar-refractivity contribution in [2.24, 2.45) is 0 Å². The van der Waals surface area contributed by atoms with E-state index >= 15 is 0 Å². The van der Waals surface area contributed by atoms with E-state index in [4.69, 9.17) is 0 Å². The number of hydrogen-bond acceptors (Lipinski definition) is 1. The van der Waals surface area contributed by atoms with Gasteiger partial charge in [-0.25, -0.2) is 0 Å². The highest BCUT2D eigenvalue weighted by molar-refractivity contribution is 4.94. The third kappa shape index (κ3) is 1.10. The van der Waals surface area contributed by atoms with Crippen molar-refractivity contribution >= 4 is 0 Å². The lowest BCUT2D eigenvalue weighted by Crippen LogP contribution is -2.36. The molecule has 64 valence electrons. The molecule has 0 bridgehead atoms. The van der Waals surface area contributed by atoms with Gasteiger partial charge in [-0.15, -0.1) is 0 Å². The van der Waals surface area contributed by atoms with Crippen LogP contribution >= 0.6 is 0 Å². The van der Waals surface area contributed by atoms with Crippen molar-refractivity contribution < 1.29 is 0 Å². The first-order chi connectivity index (χ1) is 5.33. The van der Waals surface area contributed by atoms with Gasteiger partial charge < -0.3 is 0 Å². The van der Waals surface area contributed by atoms with Gasteiger partial charge in [0.25, 0.3) is 0 Å². The smallest absolute Gasteiger partial charge is 0.0102 e. The van der Waals surface area contributed by atoms with Crippen molar-refractivity contribution in [3.05, 3.63) is 0 Å². The van der Waals surface area contributed by atoms with Gasteiger partial charge in [0.1, 0.15) is 0 Å². The minimum atomic E-state index is 0.882. The topological polar surface area (TPSA) is 3.24 Å². The summed E-state index contributed by atoms with van der Waals surface area (Å²) < 4.78 is 0. The second-order valence-corrected chi connectivity index (χ2v) is 4.17. The molecule has 0 saturated carbocycles. The van der Waals surface area contributed by atoms with E-state index in [0.717, 1.165) is 18.1 Å². The molecule has 0 N–H and O–H groups in total. The number of hydrogen-bond donors (Lipinski definition) is 0. The molecule has 1 unspecified atom stereocenters. The summed E-state index contributed by atoms with van der Waals surface area (Å²) in [5, 5.41) is 0. The van der Waals surface area contributed by atoms with E-state index in [-0.39, 0.29) is 0 Å². The average molecular weight is 153 g/mol. The fourth-order valence-corrected chi connectivity index (χ4v) is 2.99. The molecule has 1 nitrogen and oxygen atoms in total. The molecule has 0 radical (unpaired) electrons. The molecule has 0 aromatic heterocycles. The monoisotopic (exact) mass is 153 g/mol. The molecular weight excluding hydrogens is 134 g/mol. The summed E-state index contributed by atoms with van der Waals surface area (Å²) in [5.74, 6) is 0. The number of nitrogens with zero attached hydrogens (tertiary/aromatic N) is 1. The standard InChI is InChI=1S/C10H19N/c1-3-9-6-7-10-5-4-8(2)11(9)10/h8-10H,3-7H2,1-2H3/t8-,9+,10?/m1/s1. The van der Waals surface area contributed by atoms with Gasteiger partial charge in [0.15, 0.2) is 0 Å². The normalized spacial score (nSPS) is 44.7. The van der Waals surface area contributed by atoms with Crippen LogP contribution in [0.25, 0.3) is 0 Å². The lowest BCUT2D eigenvalue weighted by molar-refractivity contribution is 0.187. The Balaban J connectivity index is 2.07. The van der Waals surface area contributed by atoms with Gasteiger partial charge in [-0.1, -0.05) is 6.92 Å². The van der Waals surface area contributed by atoms with Crippen LogP contribution in [0.1, 0.15) is 46.0 Å². The second kappa shape index (κ2) is 2.78. The maximum absolute atomic E-state index is 2.78. The van der Waals surface area contributed by atoms with E-state index < -0.39 is 0 Å².